The van der Waals surface area contributed by atoms with Gasteiger partial charge < -0.3 is 15.5 Å². The topological polar surface area (TPSA) is 44.4 Å². The number of carbonyl (C=O) groups excluding carboxylic acids is 1. The molecule has 0 aliphatic heterocycles. The minimum Gasteiger partial charge on any atom is -0.334 e. The highest BCUT2D eigenvalue weighted by atomic mass is 16.2. The monoisotopic (exact) mass is 311 g/mol. The molecule has 4 heteroatoms. The molecule has 0 aliphatic rings. The number of amides is 2. The first kappa shape index (κ1) is 17.0. The van der Waals surface area contributed by atoms with Gasteiger partial charge in [-0.1, -0.05) is 43.3 Å². The van der Waals surface area contributed by atoms with E-state index in [2.05, 4.69) is 34.6 Å². The van der Waals surface area contributed by atoms with E-state index >= 15 is 0 Å². The predicted octanol–water partition coefficient (Wildman–Crippen LogP) is 3.63. The van der Waals surface area contributed by atoms with Crippen molar-refractivity contribution < 1.29 is 4.79 Å². The van der Waals surface area contributed by atoms with E-state index in [1.807, 2.05) is 50.5 Å². The molecule has 122 valence electrons. The van der Waals surface area contributed by atoms with E-state index in [9.17, 15) is 4.79 Å². The maximum Gasteiger partial charge on any atom is 0.319 e. The number of benzene rings is 2. The fraction of sp³-hybridized carbons (Fsp3) is 0.316. The minimum atomic E-state index is -0.188. The third kappa shape index (κ3) is 5.75. The predicted molar refractivity (Wildman–Crippen MR) is 95.5 cm³/mol. The van der Waals surface area contributed by atoms with E-state index in [0.717, 1.165) is 24.2 Å². The third-order valence-electron chi connectivity index (χ3n) is 3.56. The summed E-state index contributed by atoms with van der Waals surface area (Å²) in [6.45, 7) is 3.52. The molecule has 0 aliphatic carbocycles. The molecule has 0 spiro atoms. The van der Waals surface area contributed by atoms with E-state index in [0.29, 0.717) is 6.54 Å². The van der Waals surface area contributed by atoms with Crippen LogP contribution in [0.3, 0.4) is 0 Å². The number of carbonyl (C=O) groups is 1. The molecule has 0 fully saturated rings. The second-order valence-electron chi connectivity index (χ2n) is 5.92. The summed E-state index contributed by atoms with van der Waals surface area (Å²) in [5.74, 6) is 0. The quantitative estimate of drug-likeness (QED) is 0.855. The standard InChI is InChI=1S/C19H25N3O/c1-4-15-8-10-18(11-9-15)21-19(23)20-13-16-6-5-7-17(12-16)14-22(2)3/h5-12H,4,13-14H2,1-3H3,(H2,20,21,23). The molecular formula is C19H25N3O. The molecule has 0 saturated heterocycles. The molecule has 2 aromatic carbocycles. The lowest BCUT2D eigenvalue weighted by Crippen LogP contribution is -2.28. The second-order valence-corrected chi connectivity index (χ2v) is 5.92. The van der Waals surface area contributed by atoms with Crippen molar-refractivity contribution in [1.29, 1.82) is 0 Å². The van der Waals surface area contributed by atoms with Gasteiger partial charge in [-0.05, 0) is 49.3 Å². The zero-order valence-corrected chi connectivity index (χ0v) is 14.1. The highest BCUT2D eigenvalue weighted by molar-refractivity contribution is 5.89. The fourth-order valence-corrected chi connectivity index (χ4v) is 2.38. The Morgan fingerprint density at radius 1 is 1.00 bits per heavy atom. The lowest BCUT2D eigenvalue weighted by molar-refractivity contribution is 0.251. The molecule has 0 heterocycles. The van der Waals surface area contributed by atoms with Gasteiger partial charge in [-0.2, -0.15) is 0 Å². The molecule has 0 atom stereocenters. The zero-order valence-electron chi connectivity index (χ0n) is 14.1. The van der Waals surface area contributed by atoms with Crippen LogP contribution in [0.4, 0.5) is 10.5 Å². The molecule has 2 aromatic rings. The van der Waals surface area contributed by atoms with Gasteiger partial charge in [-0.25, -0.2) is 4.79 Å². The van der Waals surface area contributed by atoms with Gasteiger partial charge in [0.25, 0.3) is 0 Å². The zero-order chi connectivity index (χ0) is 16.7. The number of nitrogens with one attached hydrogen (secondary N) is 2. The maximum absolute atomic E-state index is 12.0. The van der Waals surface area contributed by atoms with Crippen LogP contribution in [0.15, 0.2) is 48.5 Å². The Balaban J connectivity index is 1.86. The summed E-state index contributed by atoms with van der Waals surface area (Å²) in [7, 11) is 4.09. The first-order valence-corrected chi connectivity index (χ1v) is 7.93. The summed E-state index contributed by atoms with van der Waals surface area (Å²) in [5.41, 5.74) is 4.40. The molecule has 0 saturated carbocycles. The number of hydrogen-bond acceptors (Lipinski definition) is 2. The molecule has 0 aromatic heterocycles. The minimum absolute atomic E-state index is 0.188. The van der Waals surface area contributed by atoms with Gasteiger partial charge in [0.1, 0.15) is 0 Å². The van der Waals surface area contributed by atoms with Gasteiger partial charge in [0.05, 0.1) is 0 Å². The average Bonchev–Trinajstić information content (AvgIpc) is 2.53. The number of hydrogen-bond donors (Lipinski definition) is 2. The van der Waals surface area contributed by atoms with Crippen molar-refractivity contribution in [3.8, 4) is 0 Å². The first-order chi connectivity index (χ1) is 11.1. The molecule has 0 unspecified atom stereocenters. The molecule has 2 amide bonds. The van der Waals surface area contributed by atoms with Crippen LogP contribution in [0.5, 0.6) is 0 Å². The van der Waals surface area contributed by atoms with Gasteiger partial charge in [-0.3, -0.25) is 0 Å². The molecule has 4 nitrogen and oxygen atoms in total. The number of anilines is 1. The van der Waals surface area contributed by atoms with Crippen molar-refractivity contribution in [3.63, 3.8) is 0 Å². The highest BCUT2D eigenvalue weighted by Crippen LogP contribution is 2.10. The van der Waals surface area contributed by atoms with Gasteiger partial charge in [0.15, 0.2) is 0 Å². The van der Waals surface area contributed by atoms with E-state index < -0.39 is 0 Å². The van der Waals surface area contributed by atoms with Gasteiger partial charge in [0.2, 0.25) is 0 Å². The van der Waals surface area contributed by atoms with Crippen molar-refractivity contribution in [2.75, 3.05) is 19.4 Å². The number of rotatable bonds is 6. The van der Waals surface area contributed by atoms with Crippen LogP contribution in [-0.4, -0.2) is 25.0 Å². The van der Waals surface area contributed by atoms with Crippen LogP contribution in [-0.2, 0) is 19.5 Å². The second kappa shape index (κ2) is 8.34. The van der Waals surface area contributed by atoms with E-state index in [1.165, 1.54) is 11.1 Å². The maximum atomic E-state index is 12.0. The van der Waals surface area contributed by atoms with Gasteiger partial charge >= 0.3 is 6.03 Å². The Morgan fingerprint density at radius 2 is 1.70 bits per heavy atom. The summed E-state index contributed by atoms with van der Waals surface area (Å²) < 4.78 is 0. The lowest BCUT2D eigenvalue weighted by atomic mass is 10.1. The summed E-state index contributed by atoms with van der Waals surface area (Å²) in [5, 5.41) is 5.74. The first-order valence-electron chi connectivity index (χ1n) is 7.93. The van der Waals surface area contributed by atoms with Crippen molar-refractivity contribution in [1.82, 2.24) is 10.2 Å². The molecule has 23 heavy (non-hydrogen) atoms. The van der Waals surface area contributed by atoms with Crippen molar-refractivity contribution in [2.45, 2.75) is 26.4 Å². The Labute approximate surface area is 138 Å². The summed E-state index contributed by atoms with van der Waals surface area (Å²) in [4.78, 5) is 14.1. The van der Waals surface area contributed by atoms with Gasteiger partial charge in [0, 0.05) is 18.8 Å². The normalized spacial score (nSPS) is 10.6. The number of nitrogens with zero attached hydrogens (tertiary/aromatic N) is 1. The molecular weight excluding hydrogens is 286 g/mol. The Kier molecular flexibility index (Phi) is 6.18. The average molecular weight is 311 g/mol. The van der Waals surface area contributed by atoms with Crippen LogP contribution in [0.25, 0.3) is 0 Å². The van der Waals surface area contributed by atoms with Crippen LogP contribution in [0, 0.1) is 0 Å². The fourth-order valence-electron chi connectivity index (χ4n) is 2.38. The van der Waals surface area contributed by atoms with Crippen molar-refractivity contribution in [3.05, 3.63) is 65.2 Å². The Bertz CT molecular complexity index is 635. The summed E-state index contributed by atoms with van der Waals surface area (Å²) >= 11 is 0. The van der Waals surface area contributed by atoms with Crippen LogP contribution < -0.4 is 10.6 Å². The molecule has 0 bridgehead atoms. The lowest BCUT2D eigenvalue weighted by Gasteiger charge is -2.12. The Hall–Kier alpha value is -2.33. The van der Waals surface area contributed by atoms with Crippen LogP contribution in [0.1, 0.15) is 23.6 Å². The van der Waals surface area contributed by atoms with E-state index in [1.54, 1.807) is 0 Å². The number of aryl methyl sites for hydroxylation is 1. The SMILES string of the molecule is CCc1ccc(NC(=O)NCc2cccc(CN(C)C)c2)cc1. The third-order valence-corrected chi connectivity index (χ3v) is 3.56. The molecule has 2 N–H and O–H groups in total. The largest absolute Gasteiger partial charge is 0.334 e. The Morgan fingerprint density at radius 3 is 2.35 bits per heavy atom. The summed E-state index contributed by atoms with van der Waals surface area (Å²) in [6, 6.07) is 16.0. The molecule has 2 rings (SSSR count). The summed E-state index contributed by atoms with van der Waals surface area (Å²) in [6.07, 6.45) is 0.996. The van der Waals surface area contributed by atoms with E-state index in [4.69, 9.17) is 0 Å². The van der Waals surface area contributed by atoms with Crippen LogP contribution >= 0.6 is 0 Å². The molecule has 0 radical (unpaired) electrons. The van der Waals surface area contributed by atoms with E-state index in [-0.39, 0.29) is 6.03 Å². The highest BCUT2D eigenvalue weighted by Gasteiger charge is 2.03. The number of urea groups is 1. The van der Waals surface area contributed by atoms with Gasteiger partial charge in [-0.15, -0.1) is 0 Å². The smallest absolute Gasteiger partial charge is 0.319 e. The van der Waals surface area contributed by atoms with Crippen LogP contribution in [0.2, 0.25) is 0 Å². The van der Waals surface area contributed by atoms with Crippen molar-refractivity contribution in [2.24, 2.45) is 0 Å². The van der Waals surface area contributed by atoms with Crippen molar-refractivity contribution >= 4 is 11.7 Å².